The highest BCUT2D eigenvalue weighted by Crippen LogP contribution is 2.21. The summed E-state index contributed by atoms with van der Waals surface area (Å²) in [6.07, 6.45) is 0.973. The molecule has 0 aliphatic rings. The summed E-state index contributed by atoms with van der Waals surface area (Å²) in [5.41, 5.74) is 13.3. The first-order valence-corrected chi connectivity index (χ1v) is 6.92. The number of nitrogens with two attached hydrogens (primary N) is 1. The van der Waals surface area contributed by atoms with Gasteiger partial charge in [-0.1, -0.05) is 50.2 Å². The van der Waals surface area contributed by atoms with Crippen molar-refractivity contribution in [3.8, 4) is 0 Å². The van der Waals surface area contributed by atoms with Gasteiger partial charge in [-0.05, 0) is 54.0 Å². The lowest BCUT2D eigenvalue weighted by molar-refractivity contribution is 0.865. The molecule has 0 amide bonds. The average molecular weight is 253 g/mol. The second-order valence-electron chi connectivity index (χ2n) is 5.72. The number of rotatable bonds is 3. The van der Waals surface area contributed by atoms with E-state index < -0.39 is 0 Å². The predicted molar refractivity (Wildman–Crippen MR) is 83.7 cm³/mol. The molecule has 0 aliphatic heterocycles. The molecule has 0 aliphatic carbocycles. The lowest BCUT2D eigenvalue weighted by Crippen LogP contribution is -1.97. The zero-order chi connectivity index (χ0) is 14.0. The number of benzene rings is 2. The van der Waals surface area contributed by atoms with Crippen molar-refractivity contribution >= 4 is 5.69 Å². The monoisotopic (exact) mass is 253 g/mol. The Morgan fingerprint density at radius 2 is 1.42 bits per heavy atom. The van der Waals surface area contributed by atoms with E-state index in [9.17, 15) is 0 Å². The first-order valence-electron chi connectivity index (χ1n) is 6.92. The van der Waals surface area contributed by atoms with Gasteiger partial charge in [0, 0.05) is 5.69 Å². The third kappa shape index (κ3) is 3.17. The van der Waals surface area contributed by atoms with E-state index in [0.717, 1.165) is 12.1 Å². The van der Waals surface area contributed by atoms with Gasteiger partial charge in [0.2, 0.25) is 0 Å². The van der Waals surface area contributed by atoms with E-state index in [-0.39, 0.29) is 0 Å². The zero-order valence-electron chi connectivity index (χ0n) is 12.3. The Morgan fingerprint density at radius 1 is 0.895 bits per heavy atom. The van der Waals surface area contributed by atoms with Crippen molar-refractivity contribution < 1.29 is 0 Å². The SMILES string of the molecule is Cc1cc(Cc2ccc(C(C)C)cc2)cc(C)c1N. The van der Waals surface area contributed by atoms with Crippen LogP contribution in [0.25, 0.3) is 0 Å². The quantitative estimate of drug-likeness (QED) is 0.795. The van der Waals surface area contributed by atoms with E-state index in [1.807, 2.05) is 0 Å². The maximum Gasteiger partial charge on any atom is 0.0373 e. The fraction of sp³-hybridized carbons (Fsp3) is 0.333. The molecule has 0 heterocycles. The number of aryl methyl sites for hydroxylation is 2. The predicted octanol–water partition coefficient (Wildman–Crippen LogP) is 4.60. The molecule has 2 N–H and O–H groups in total. The molecule has 0 saturated heterocycles. The third-order valence-electron chi connectivity index (χ3n) is 3.71. The van der Waals surface area contributed by atoms with Crippen molar-refractivity contribution in [3.63, 3.8) is 0 Å². The van der Waals surface area contributed by atoms with Crippen molar-refractivity contribution in [1.29, 1.82) is 0 Å². The Morgan fingerprint density at radius 3 is 1.89 bits per heavy atom. The molecular formula is C18H23N. The normalized spacial score (nSPS) is 11.0. The van der Waals surface area contributed by atoms with Gasteiger partial charge in [-0.3, -0.25) is 0 Å². The van der Waals surface area contributed by atoms with Crippen LogP contribution >= 0.6 is 0 Å². The van der Waals surface area contributed by atoms with E-state index in [2.05, 4.69) is 64.1 Å². The molecule has 1 nitrogen and oxygen atoms in total. The summed E-state index contributed by atoms with van der Waals surface area (Å²) in [5.74, 6) is 0.593. The number of anilines is 1. The second kappa shape index (κ2) is 5.48. The summed E-state index contributed by atoms with van der Waals surface area (Å²) in [5, 5.41) is 0. The van der Waals surface area contributed by atoms with E-state index in [0.29, 0.717) is 5.92 Å². The number of hydrogen-bond acceptors (Lipinski definition) is 1. The Kier molecular flexibility index (Phi) is 3.94. The molecule has 0 fully saturated rings. The molecule has 0 saturated carbocycles. The van der Waals surface area contributed by atoms with Crippen LogP contribution < -0.4 is 5.73 Å². The molecule has 0 aromatic heterocycles. The zero-order valence-corrected chi connectivity index (χ0v) is 12.3. The van der Waals surface area contributed by atoms with E-state index in [1.54, 1.807) is 0 Å². The molecule has 100 valence electrons. The van der Waals surface area contributed by atoms with Gasteiger partial charge in [0.25, 0.3) is 0 Å². The van der Waals surface area contributed by atoms with Crippen LogP contribution in [0.4, 0.5) is 5.69 Å². The highest BCUT2D eigenvalue weighted by atomic mass is 14.6. The van der Waals surface area contributed by atoms with Crippen LogP contribution in [0, 0.1) is 13.8 Å². The van der Waals surface area contributed by atoms with Gasteiger partial charge in [0.05, 0.1) is 0 Å². The molecule has 2 rings (SSSR count). The van der Waals surface area contributed by atoms with Crippen LogP contribution in [-0.4, -0.2) is 0 Å². The topological polar surface area (TPSA) is 26.0 Å². The molecule has 1 heteroatoms. The Bertz CT molecular complexity index is 542. The van der Waals surface area contributed by atoms with Crippen LogP contribution in [0.5, 0.6) is 0 Å². The van der Waals surface area contributed by atoms with Gasteiger partial charge in [-0.25, -0.2) is 0 Å². The Hall–Kier alpha value is -1.76. The molecule has 2 aromatic carbocycles. The molecule has 0 atom stereocenters. The van der Waals surface area contributed by atoms with Gasteiger partial charge in [-0.2, -0.15) is 0 Å². The molecule has 19 heavy (non-hydrogen) atoms. The van der Waals surface area contributed by atoms with E-state index in [1.165, 1.54) is 27.8 Å². The first-order chi connectivity index (χ1) is 8.97. The minimum Gasteiger partial charge on any atom is -0.398 e. The van der Waals surface area contributed by atoms with Gasteiger partial charge >= 0.3 is 0 Å². The van der Waals surface area contributed by atoms with Crippen molar-refractivity contribution in [2.75, 3.05) is 5.73 Å². The summed E-state index contributed by atoms with van der Waals surface area (Å²) >= 11 is 0. The third-order valence-corrected chi connectivity index (χ3v) is 3.71. The highest BCUT2D eigenvalue weighted by molar-refractivity contribution is 5.54. The van der Waals surface area contributed by atoms with E-state index >= 15 is 0 Å². The number of nitrogen functional groups attached to an aromatic ring is 1. The molecule has 0 radical (unpaired) electrons. The standard InChI is InChI=1S/C18H23N/c1-12(2)17-7-5-15(6-8-17)11-16-9-13(3)18(19)14(4)10-16/h5-10,12H,11,19H2,1-4H3. The lowest BCUT2D eigenvalue weighted by atomic mass is 9.97. The first kappa shape index (κ1) is 13.7. The maximum atomic E-state index is 6.00. The van der Waals surface area contributed by atoms with Crippen LogP contribution in [0.2, 0.25) is 0 Å². The van der Waals surface area contributed by atoms with Gasteiger partial charge < -0.3 is 5.73 Å². The fourth-order valence-electron chi connectivity index (χ4n) is 2.42. The number of hydrogen-bond donors (Lipinski definition) is 1. The molecule has 0 bridgehead atoms. The van der Waals surface area contributed by atoms with Gasteiger partial charge in [-0.15, -0.1) is 0 Å². The summed E-state index contributed by atoms with van der Waals surface area (Å²) in [7, 11) is 0. The fourth-order valence-corrected chi connectivity index (χ4v) is 2.42. The summed E-state index contributed by atoms with van der Waals surface area (Å²) in [4.78, 5) is 0. The van der Waals surface area contributed by atoms with Crippen molar-refractivity contribution in [1.82, 2.24) is 0 Å². The second-order valence-corrected chi connectivity index (χ2v) is 5.72. The summed E-state index contributed by atoms with van der Waals surface area (Å²) in [6, 6.07) is 13.3. The smallest absolute Gasteiger partial charge is 0.0373 e. The van der Waals surface area contributed by atoms with Gasteiger partial charge in [0.1, 0.15) is 0 Å². The molecule has 2 aromatic rings. The largest absolute Gasteiger partial charge is 0.398 e. The van der Waals surface area contributed by atoms with Crippen LogP contribution in [0.15, 0.2) is 36.4 Å². The van der Waals surface area contributed by atoms with Crippen molar-refractivity contribution in [3.05, 3.63) is 64.2 Å². The van der Waals surface area contributed by atoms with Crippen molar-refractivity contribution in [2.45, 2.75) is 40.0 Å². The Balaban J connectivity index is 2.21. The van der Waals surface area contributed by atoms with Gasteiger partial charge in [0.15, 0.2) is 0 Å². The van der Waals surface area contributed by atoms with E-state index in [4.69, 9.17) is 5.73 Å². The molecule has 0 spiro atoms. The average Bonchev–Trinajstić information content (AvgIpc) is 2.36. The van der Waals surface area contributed by atoms with Crippen molar-refractivity contribution in [2.24, 2.45) is 0 Å². The summed E-state index contributed by atoms with van der Waals surface area (Å²) < 4.78 is 0. The maximum absolute atomic E-state index is 6.00. The Labute approximate surface area is 116 Å². The molecular weight excluding hydrogens is 230 g/mol. The minimum absolute atomic E-state index is 0.593. The minimum atomic E-state index is 0.593. The molecule has 0 unspecified atom stereocenters. The lowest BCUT2D eigenvalue weighted by Gasteiger charge is -2.10. The van der Waals surface area contributed by atoms with Crippen LogP contribution in [-0.2, 0) is 6.42 Å². The highest BCUT2D eigenvalue weighted by Gasteiger charge is 2.04. The summed E-state index contributed by atoms with van der Waals surface area (Å²) in [6.45, 7) is 8.60. The van der Waals surface area contributed by atoms with Crippen LogP contribution in [0.3, 0.4) is 0 Å². The van der Waals surface area contributed by atoms with Crippen LogP contribution in [0.1, 0.15) is 47.6 Å².